The lowest BCUT2D eigenvalue weighted by molar-refractivity contribution is -0.130. The standard InChI is InChI=1S/C26H33N3O3/c1-20-10-2-5-13-23(20)31-18-7-6-17-29-22-12-4-3-11-21(22)28-25(29)15-8-16-27-26(30)24-14-9-19-32-24/h2-5,10-13,24H,6-9,14-19H2,1H3,(H,27,30). The van der Waals surface area contributed by atoms with Crippen LogP contribution in [0.3, 0.4) is 0 Å². The molecule has 4 rings (SSSR count). The highest BCUT2D eigenvalue weighted by Crippen LogP contribution is 2.19. The van der Waals surface area contributed by atoms with E-state index in [1.54, 1.807) is 0 Å². The van der Waals surface area contributed by atoms with Gasteiger partial charge in [-0.3, -0.25) is 4.79 Å². The van der Waals surface area contributed by atoms with E-state index in [0.29, 0.717) is 19.8 Å². The molecule has 1 unspecified atom stereocenters. The van der Waals surface area contributed by atoms with E-state index in [1.165, 1.54) is 11.1 Å². The summed E-state index contributed by atoms with van der Waals surface area (Å²) in [4.78, 5) is 17.0. The molecule has 2 heterocycles. The summed E-state index contributed by atoms with van der Waals surface area (Å²) in [5.41, 5.74) is 3.37. The molecule has 0 bridgehead atoms. The molecule has 1 N–H and O–H groups in total. The van der Waals surface area contributed by atoms with Crippen LogP contribution < -0.4 is 10.1 Å². The average molecular weight is 436 g/mol. The number of hydrogen-bond acceptors (Lipinski definition) is 4. The number of rotatable bonds is 11. The first kappa shape index (κ1) is 22.3. The van der Waals surface area contributed by atoms with Crippen molar-refractivity contribution >= 4 is 16.9 Å². The minimum atomic E-state index is -0.263. The first-order valence-electron chi connectivity index (χ1n) is 11.7. The maximum Gasteiger partial charge on any atom is 0.249 e. The molecule has 1 saturated heterocycles. The van der Waals surface area contributed by atoms with E-state index in [1.807, 2.05) is 24.3 Å². The minimum Gasteiger partial charge on any atom is -0.493 e. The zero-order chi connectivity index (χ0) is 22.2. The van der Waals surface area contributed by atoms with Crippen LogP contribution in [0.1, 0.15) is 43.5 Å². The van der Waals surface area contributed by atoms with Crippen LogP contribution in [0.2, 0.25) is 0 Å². The predicted molar refractivity (Wildman–Crippen MR) is 126 cm³/mol. The van der Waals surface area contributed by atoms with Gasteiger partial charge in [0.05, 0.1) is 17.6 Å². The number of aromatic nitrogens is 2. The van der Waals surface area contributed by atoms with Gasteiger partial charge < -0.3 is 19.4 Å². The smallest absolute Gasteiger partial charge is 0.249 e. The van der Waals surface area contributed by atoms with Crippen LogP contribution in [0.4, 0.5) is 0 Å². The average Bonchev–Trinajstić information content (AvgIpc) is 3.46. The Kier molecular flexibility index (Phi) is 7.77. The topological polar surface area (TPSA) is 65.4 Å². The van der Waals surface area contributed by atoms with Crippen molar-refractivity contribution in [2.24, 2.45) is 0 Å². The molecule has 1 aromatic heterocycles. The first-order valence-corrected chi connectivity index (χ1v) is 11.7. The Labute approximate surface area is 189 Å². The lowest BCUT2D eigenvalue weighted by Crippen LogP contribution is -2.34. The zero-order valence-electron chi connectivity index (χ0n) is 18.9. The molecule has 170 valence electrons. The van der Waals surface area contributed by atoms with E-state index in [-0.39, 0.29) is 12.0 Å². The highest BCUT2D eigenvalue weighted by Gasteiger charge is 2.22. The third-order valence-electron chi connectivity index (χ3n) is 5.96. The lowest BCUT2D eigenvalue weighted by atomic mass is 10.2. The number of fused-ring (bicyclic) bond motifs is 1. The maximum atomic E-state index is 12.1. The molecule has 1 amide bonds. The van der Waals surface area contributed by atoms with Gasteiger partial charge in [0.2, 0.25) is 5.91 Å². The Balaban J connectivity index is 1.28. The number of ether oxygens (including phenoxy) is 2. The number of amides is 1. The highest BCUT2D eigenvalue weighted by atomic mass is 16.5. The second kappa shape index (κ2) is 11.1. The molecule has 6 heteroatoms. The van der Waals surface area contributed by atoms with Gasteiger partial charge in [0.1, 0.15) is 17.7 Å². The van der Waals surface area contributed by atoms with Crippen LogP contribution in [-0.2, 0) is 22.5 Å². The number of aryl methyl sites for hydroxylation is 3. The molecule has 0 radical (unpaired) electrons. The second-order valence-corrected chi connectivity index (χ2v) is 8.39. The van der Waals surface area contributed by atoms with Gasteiger partial charge in [-0.15, -0.1) is 0 Å². The van der Waals surface area contributed by atoms with Crippen molar-refractivity contribution in [3.63, 3.8) is 0 Å². The monoisotopic (exact) mass is 435 g/mol. The molecule has 1 aliphatic rings. The Morgan fingerprint density at radius 2 is 2.00 bits per heavy atom. The molecule has 3 aromatic rings. The summed E-state index contributed by atoms with van der Waals surface area (Å²) in [5.74, 6) is 2.06. The third kappa shape index (κ3) is 5.68. The number of imidazole rings is 1. The highest BCUT2D eigenvalue weighted by molar-refractivity contribution is 5.80. The molecule has 0 spiro atoms. The van der Waals surface area contributed by atoms with Crippen molar-refractivity contribution in [1.29, 1.82) is 0 Å². The van der Waals surface area contributed by atoms with Gasteiger partial charge in [-0.1, -0.05) is 30.3 Å². The van der Waals surface area contributed by atoms with E-state index in [4.69, 9.17) is 14.5 Å². The van der Waals surface area contributed by atoms with Gasteiger partial charge in [0.15, 0.2) is 0 Å². The van der Waals surface area contributed by atoms with Crippen molar-refractivity contribution < 1.29 is 14.3 Å². The zero-order valence-corrected chi connectivity index (χ0v) is 18.9. The van der Waals surface area contributed by atoms with E-state index >= 15 is 0 Å². The Morgan fingerprint density at radius 1 is 1.16 bits per heavy atom. The number of hydrogen-bond donors (Lipinski definition) is 1. The minimum absolute atomic E-state index is 0.0182. The van der Waals surface area contributed by atoms with Crippen molar-refractivity contribution in [2.45, 2.75) is 58.1 Å². The van der Waals surface area contributed by atoms with Crippen LogP contribution in [0.5, 0.6) is 5.75 Å². The summed E-state index contributed by atoms with van der Waals surface area (Å²) in [6, 6.07) is 16.4. The molecule has 1 fully saturated rings. The van der Waals surface area contributed by atoms with Crippen LogP contribution >= 0.6 is 0 Å². The van der Waals surface area contributed by atoms with Crippen molar-refractivity contribution in [1.82, 2.24) is 14.9 Å². The number of nitrogens with one attached hydrogen (secondary N) is 1. The normalized spacial score (nSPS) is 15.8. The molecule has 6 nitrogen and oxygen atoms in total. The number of unbranched alkanes of at least 4 members (excludes halogenated alkanes) is 1. The molecule has 0 aliphatic carbocycles. The number of nitrogens with zero attached hydrogens (tertiary/aromatic N) is 2. The second-order valence-electron chi connectivity index (χ2n) is 8.39. The van der Waals surface area contributed by atoms with Gasteiger partial charge >= 0.3 is 0 Å². The van der Waals surface area contributed by atoms with E-state index < -0.39 is 0 Å². The first-order chi connectivity index (χ1) is 15.7. The fraction of sp³-hybridized carbons (Fsp3) is 0.462. The summed E-state index contributed by atoms with van der Waals surface area (Å²) >= 11 is 0. The third-order valence-corrected chi connectivity index (χ3v) is 5.96. The molecule has 1 aliphatic heterocycles. The summed E-state index contributed by atoms with van der Waals surface area (Å²) in [5, 5.41) is 3.01. The fourth-order valence-corrected chi connectivity index (χ4v) is 4.19. The van der Waals surface area contributed by atoms with Gasteiger partial charge in [-0.2, -0.15) is 0 Å². The van der Waals surface area contributed by atoms with Crippen molar-refractivity contribution in [3.8, 4) is 5.75 Å². The summed E-state index contributed by atoms with van der Waals surface area (Å²) < 4.78 is 13.7. The summed E-state index contributed by atoms with van der Waals surface area (Å²) in [6.45, 7) is 5.03. The number of para-hydroxylation sites is 3. The predicted octanol–water partition coefficient (Wildman–Crippen LogP) is 4.43. The van der Waals surface area contributed by atoms with E-state index in [2.05, 4.69) is 41.1 Å². The number of benzene rings is 2. The van der Waals surface area contributed by atoms with Crippen LogP contribution in [0.25, 0.3) is 11.0 Å². The van der Waals surface area contributed by atoms with E-state index in [0.717, 1.165) is 62.2 Å². The molecule has 32 heavy (non-hydrogen) atoms. The molecule has 2 aromatic carbocycles. The Hall–Kier alpha value is -2.86. The van der Waals surface area contributed by atoms with E-state index in [9.17, 15) is 4.79 Å². The molecule has 1 atom stereocenters. The quantitative estimate of drug-likeness (QED) is 0.453. The van der Waals surface area contributed by atoms with Gasteiger partial charge in [0, 0.05) is 26.1 Å². The van der Waals surface area contributed by atoms with Crippen molar-refractivity contribution in [2.75, 3.05) is 19.8 Å². The summed E-state index contributed by atoms with van der Waals surface area (Å²) in [6.07, 6.45) is 5.24. The molecule has 0 saturated carbocycles. The van der Waals surface area contributed by atoms with Gasteiger partial charge in [-0.25, -0.2) is 4.98 Å². The number of carbonyl (C=O) groups excluding carboxylic acids is 1. The van der Waals surface area contributed by atoms with Gasteiger partial charge in [0.25, 0.3) is 0 Å². The molecular weight excluding hydrogens is 402 g/mol. The number of carbonyl (C=O) groups is 1. The summed E-state index contributed by atoms with van der Waals surface area (Å²) in [7, 11) is 0. The SMILES string of the molecule is Cc1ccccc1OCCCCn1c(CCCNC(=O)C2CCCO2)nc2ccccc21. The van der Waals surface area contributed by atoms with Crippen LogP contribution in [0, 0.1) is 6.92 Å². The Morgan fingerprint density at radius 3 is 2.84 bits per heavy atom. The van der Waals surface area contributed by atoms with Crippen LogP contribution in [-0.4, -0.2) is 41.3 Å². The largest absolute Gasteiger partial charge is 0.493 e. The van der Waals surface area contributed by atoms with Crippen molar-refractivity contribution in [3.05, 3.63) is 59.9 Å². The maximum absolute atomic E-state index is 12.1. The lowest BCUT2D eigenvalue weighted by Gasteiger charge is -2.12. The molecular formula is C26H33N3O3. The van der Waals surface area contributed by atoms with Gasteiger partial charge in [-0.05, 0) is 62.8 Å². The fourth-order valence-electron chi connectivity index (χ4n) is 4.19. The Bertz CT molecular complexity index is 1020. The van der Waals surface area contributed by atoms with Crippen LogP contribution in [0.15, 0.2) is 48.5 Å².